The van der Waals surface area contributed by atoms with Crippen LogP contribution in [-0.4, -0.2) is 15.0 Å². The van der Waals surface area contributed by atoms with Crippen molar-refractivity contribution in [2.45, 2.75) is 6.92 Å². The van der Waals surface area contributed by atoms with Crippen LogP contribution in [0.15, 0.2) is 28.9 Å². The van der Waals surface area contributed by atoms with Gasteiger partial charge in [0.05, 0.1) is 5.69 Å². The van der Waals surface area contributed by atoms with Crippen LogP contribution < -0.4 is 11.1 Å². The summed E-state index contributed by atoms with van der Waals surface area (Å²) in [7, 11) is 0. The van der Waals surface area contributed by atoms with Crippen molar-refractivity contribution in [2.75, 3.05) is 5.32 Å². The van der Waals surface area contributed by atoms with E-state index >= 15 is 0 Å². The second-order valence-electron chi connectivity index (χ2n) is 3.84. The van der Waals surface area contributed by atoms with Gasteiger partial charge in [0.2, 0.25) is 5.95 Å². The summed E-state index contributed by atoms with van der Waals surface area (Å²) >= 11 is 14.4. The predicted octanol–water partition coefficient (Wildman–Crippen LogP) is 3.58. The topological polar surface area (TPSA) is 63.8 Å². The largest absolute Gasteiger partial charge is 0.388 e. The molecule has 98 valence electrons. The molecule has 0 aliphatic heterocycles. The number of nitrogens with zero attached hydrogens (tertiary/aromatic N) is 2. The third kappa shape index (κ3) is 3.40. The van der Waals surface area contributed by atoms with Crippen molar-refractivity contribution in [2.24, 2.45) is 5.73 Å². The van der Waals surface area contributed by atoms with Crippen molar-refractivity contribution < 1.29 is 0 Å². The van der Waals surface area contributed by atoms with Gasteiger partial charge in [-0.1, -0.05) is 23.8 Å². The summed E-state index contributed by atoms with van der Waals surface area (Å²) < 4.78 is 0.874. The minimum absolute atomic E-state index is 0.228. The molecule has 7 heteroatoms. The first-order chi connectivity index (χ1) is 8.97. The Morgan fingerprint density at radius 1 is 1.47 bits per heavy atom. The first kappa shape index (κ1) is 14.2. The van der Waals surface area contributed by atoms with Crippen LogP contribution in [0.3, 0.4) is 0 Å². The Kier molecular flexibility index (Phi) is 4.34. The standard InChI is InChI=1S/C12H10BrClN4S/c1-6-4-7(13)10(5-8(6)14)18-12-16-3-2-9(17-12)11(15)19/h2-5H,1H3,(H2,15,19)(H,16,17,18). The zero-order chi connectivity index (χ0) is 14.0. The highest BCUT2D eigenvalue weighted by atomic mass is 79.9. The molecule has 0 atom stereocenters. The molecule has 1 heterocycles. The second-order valence-corrected chi connectivity index (χ2v) is 5.54. The number of anilines is 2. The first-order valence-electron chi connectivity index (χ1n) is 5.33. The fourth-order valence-electron chi connectivity index (χ4n) is 1.42. The van der Waals surface area contributed by atoms with Crippen LogP contribution in [0, 0.1) is 6.92 Å². The van der Waals surface area contributed by atoms with Crippen molar-refractivity contribution in [1.29, 1.82) is 0 Å². The summed E-state index contributed by atoms with van der Waals surface area (Å²) in [5.41, 5.74) is 7.81. The van der Waals surface area contributed by atoms with Crippen LogP contribution in [0.2, 0.25) is 5.02 Å². The minimum atomic E-state index is 0.228. The Morgan fingerprint density at radius 2 is 2.21 bits per heavy atom. The molecule has 4 nitrogen and oxygen atoms in total. The van der Waals surface area contributed by atoms with Crippen molar-refractivity contribution >= 4 is 56.4 Å². The fraction of sp³-hybridized carbons (Fsp3) is 0.0833. The quantitative estimate of drug-likeness (QED) is 0.822. The SMILES string of the molecule is Cc1cc(Br)c(Nc2nccc(C(N)=S)n2)cc1Cl. The van der Waals surface area contributed by atoms with Gasteiger partial charge in [0.25, 0.3) is 0 Å². The molecule has 3 N–H and O–H groups in total. The molecular formula is C12H10BrClN4S. The molecule has 0 amide bonds. The van der Waals surface area contributed by atoms with E-state index in [1.165, 1.54) is 0 Å². The molecule has 0 saturated heterocycles. The Labute approximate surface area is 129 Å². The first-order valence-corrected chi connectivity index (χ1v) is 6.91. The van der Waals surface area contributed by atoms with E-state index < -0.39 is 0 Å². The van der Waals surface area contributed by atoms with Crippen LogP contribution >= 0.6 is 39.7 Å². The minimum Gasteiger partial charge on any atom is -0.388 e. The smallest absolute Gasteiger partial charge is 0.227 e. The highest BCUT2D eigenvalue weighted by Crippen LogP contribution is 2.30. The van der Waals surface area contributed by atoms with Crippen molar-refractivity contribution in [3.8, 4) is 0 Å². The van der Waals surface area contributed by atoms with E-state index in [1.54, 1.807) is 18.3 Å². The summed E-state index contributed by atoms with van der Waals surface area (Å²) in [6.07, 6.45) is 1.59. The van der Waals surface area contributed by atoms with Gasteiger partial charge in [-0.2, -0.15) is 0 Å². The fourth-order valence-corrected chi connectivity index (χ4v) is 2.25. The van der Waals surface area contributed by atoms with Gasteiger partial charge < -0.3 is 11.1 Å². The van der Waals surface area contributed by atoms with Gasteiger partial charge in [0.1, 0.15) is 10.7 Å². The van der Waals surface area contributed by atoms with Crippen molar-refractivity contribution in [3.63, 3.8) is 0 Å². The van der Waals surface area contributed by atoms with E-state index in [-0.39, 0.29) is 4.99 Å². The normalized spacial score (nSPS) is 10.3. The van der Waals surface area contributed by atoms with E-state index in [4.69, 9.17) is 29.6 Å². The monoisotopic (exact) mass is 356 g/mol. The number of benzene rings is 1. The Morgan fingerprint density at radius 3 is 2.89 bits per heavy atom. The lowest BCUT2D eigenvalue weighted by Gasteiger charge is -2.09. The molecule has 0 radical (unpaired) electrons. The van der Waals surface area contributed by atoms with E-state index in [9.17, 15) is 0 Å². The van der Waals surface area contributed by atoms with E-state index in [0.29, 0.717) is 16.7 Å². The van der Waals surface area contributed by atoms with Gasteiger partial charge in [-0.25, -0.2) is 9.97 Å². The maximum Gasteiger partial charge on any atom is 0.227 e. The maximum absolute atomic E-state index is 6.09. The van der Waals surface area contributed by atoms with Gasteiger partial charge in [0, 0.05) is 15.7 Å². The lowest BCUT2D eigenvalue weighted by Crippen LogP contribution is -2.12. The van der Waals surface area contributed by atoms with Crippen LogP contribution in [0.25, 0.3) is 0 Å². The lowest BCUT2D eigenvalue weighted by atomic mass is 10.2. The molecule has 1 aromatic heterocycles. The van der Waals surface area contributed by atoms with Gasteiger partial charge in [-0.3, -0.25) is 0 Å². The van der Waals surface area contributed by atoms with Crippen molar-refractivity contribution in [3.05, 3.63) is 45.1 Å². The zero-order valence-corrected chi connectivity index (χ0v) is 13.1. The van der Waals surface area contributed by atoms with Crippen LogP contribution in [-0.2, 0) is 0 Å². The number of aromatic nitrogens is 2. The van der Waals surface area contributed by atoms with Gasteiger partial charge in [-0.05, 0) is 46.6 Å². The van der Waals surface area contributed by atoms with E-state index in [1.807, 2.05) is 13.0 Å². The number of halogens is 2. The highest BCUT2D eigenvalue weighted by Gasteiger charge is 2.07. The van der Waals surface area contributed by atoms with Gasteiger partial charge in [-0.15, -0.1) is 0 Å². The second kappa shape index (κ2) is 5.81. The molecule has 1 aromatic carbocycles. The highest BCUT2D eigenvalue weighted by molar-refractivity contribution is 9.10. The lowest BCUT2D eigenvalue weighted by molar-refractivity contribution is 1.15. The molecule has 0 unspecified atom stereocenters. The van der Waals surface area contributed by atoms with Crippen LogP contribution in [0.5, 0.6) is 0 Å². The summed E-state index contributed by atoms with van der Waals surface area (Å²) in [5, 5.41) is 3.73. The molecule has 0 bridgehead atoms. The van der Waals surface area contributed by atoms with Gasteiger partial charge in [0.15, 0.2) is 0 Å². The van der Waals surface area contributed by atoms with E-state index in [2.05, 4.69) is 31.2 Å². The molecule has 0 aliphatic carbocycles. The molecule has 0 aliphatic rings. The Hall–Kier alpha value is -1.24. The molecule has 0 spiro atoms. The van der Waals surface area contributed by atoms with Crippen LogP contribution in [0.4, 0.5) is 11.6 Å². The van der Waals surface area contributed by atoms with Gasteiger partial charge >= 0.3 is 0 Å². The average molecular weight is 358 g/mol. The number of thiocarbonyl (C=S) groups is 1. The number of hydrogen-bond acceptors (Lipinski definition) is 4. The average Bonchev–Trinajstić information content (AvgIpc) is 2.36. The Bertz CT molecular complexity index is 648. The number of nitrogens with one attached hydrogen (secondary N) is 1. The predicted molar refractivity (Wildman–Crippen MR) is 85.1 cm³/mol. The number of hydrogen-bond donors (Lipinski definition) is 2. The number of rotatable bonds is 3. The Balaban J connectivity index is 2.33. The van der Waals surface area contributed by atoms with Crippen LogP contribution in [0.1, 0.15) is 11.3 Å². The molecule has 0 saturated carbocycles. The zero-order valence-electron chi connectivity index (χ0n) is 9.95. The molecule has 2 rings (SSSR count). The summed E-state index contributed by atoms with van der Waals surface area (Å²) in [6.45, 7) is 1.93. The van der Waals surface area contributed by atoms with Crippen molar-refractivity contribution in [1.82, 2.24) is 9.97 Å². The third-order valence-electron chi connectivity index (χ3n) is 2.40. The number of aryl methyl sites for hydroxylation is 1. The summed E-state index contributed by atoms with van der Waals surface area (Å²) in [5.74, 6) is 0.408. The molecule has 19 heavy (non-hydrogen) atoms. The third-order valence-corrected chi connectivity index (χ3v) is 3.68. The van der Waals surface area contributed by atoms with E-state index in [0.717, 1.165) is 15.7 Å². The molecule has 2 aromatic rings. The summed E-state index contributed by atoms with van der Waals surface area (Å²) in [4.78, 5) is 8.55. The number of nitrogens with two attached hydrogens (primary N) is 1. The summed E-state index contributed by atoms with van der Waals surface area (Å²) in [6, 6.07) is 5.38. The molecule has 0 fully saturated rings. The maximum atomic E-state index is 6.09. The molecular weight excluding hydrogens is 348 g/mol.